The highest BCUT2D eigenvalue weighted by atomic mass is 16.5. The number of anilines is 1. The first-order chi connectivity index (χ1) is 13.8. The molecule has 2 aromatic rings. The van der Waals surface area contributed by atoms with Crippen LogP contribution in [-0.4, -0.2) is 38.0 Å². The number of amides is 1. The van der Waals surface area contributed by atoms with Gasteiger partial charge in [-0.05, 0) is 43.2 Å². The van der Waals surface area contributed by atoms with Gasteiger partial charge in [-0.3, -0.25) is 9.59 Å². The molecule has 0 aromatic heterocycles. The molecule has 0 unspecified atom stereocenters. The van der Waals surface area contributed by atoms with Crippen molar-refractivity contribution in [3.05, 3.63) is 53.6 Å². The number of esters is 1. The van der Waals surface area contributed by atoms with Gasteiger partial charge in [0.1, 0.15) is 0 Å². The molecule has 7 heteroatoms. The van der Waals surface area contributed by atoms with E-state index in [1.165, 1.54) is 20.1 Å². The minimum Gasteiger partial charge on any atom is -0.493 e. The summed E-state index contributed by atoms with van der Waals surface area (Å²) in [4.78, 5) is 36.0. The molecule has 0 aliphatic rings. The third kappa shape index (κ3) is 6.34. The highest BCUT2D eigenvalue weighted by molar-refractivity contribution is 6.04. The molecular weight excluding hydrogens is 374 g/mol. The van der Waals surface area contributed by atoms with E-state index in [2.05, 4.69) is 5.32 Å². The van der Waals surface area contributed by atoms with Crippen molar-refractivity contribution < 1.29 is 28.6 Å². The predicted octanol–water partition coefficient (Wildman–Crippen LogP) is 3.73. The fourth-order valence-electron chi connectivity index (χ4n) is 2.47. The molecule has 2 aromatic carbocycles. The predicted molar refractivity (Wildman–Crippen MR) is 109 cm³/mol. The van der Waals surface area contributed by atoms with Crippen LogP contribution in [-0.2, 0) is 9.53 Å². The summed E-state index contributed by atoms with van der Waals surface area (Å²) in [5.74, 6) is -0.123. The molecule has 29 heavy (non-hydrogen) atoms. The molecule has 0 aliphatic heterocycles. The number of nitrogens with one attached hydrogen (secondary N) is 1. The van der Waals surface area contributed by atoms with Crippen molar-refractivity contribution in [2.45, 2.75) is 20.8 Å². The molecule has 0 atom stereocenters. The lowest BCUT2D eigenvalue weighted by atomic mass is 10.1. The van der Waals surface area contributed by atoms with Crippen molar-refractivity contribution in [2.24, 2.45) is 5.92 Å². The van der Waals surface area contributed by atoms with Crippen LogP contribution in [0.1, 0.15) is 41.5 Å². The Bertz CT molecular complexity index is 891. The molecule has 0 aliphatic carbocycles. The van der Waals surface area contributed by atoms with Crippen LogP contribution >= 0.6 is 0 Å². The second-order valence-electron chi connectivity index (χ2n) is 6.80. The summed E-state index contributed by atoms with van der Waals surface area (Å²) in [7, 11) is 1.48. The molecule has 2 rings (SSSR count). The molecule has 0 saturated carbocycles. The largest absolute Gasteiger partial charge is 0.493 e. The summed E-state index contributed by atoms with van der Waals surface area (Å²) in [5, 5.41) is 2.58. The van der Waals surface area contributed by atoms with Crippen LogP contribution in [0.25, 0.3) is 0 Å². The number of carbonyl (C=O) groups excluding carboxylic acids is 3. The lowest BCUT2D eigenvalue weighted by Gasteiger charge is -2.13. The molecule has 0 fully saturated rings. The maximum Gasteiger partial charge on any atom is 0.338 e. The Morgan fingerprint density at radius 1 is 1.03 bits per heavy atom. The Morgan fingerprint density at radius 3 is 2.41 bits per heavy atom. The Labute approximate surface area is 170 Å². The van der Waals surface area contributed by atoms with Crippen molar-refractivity contribution in [1.82, 2.24) is 0 Å². The number of rotatable bonds is 9. The fraction of sp³-hybridized carbons (Fsp3) is 0.318. The van der Waals surface area contributed by atoms with Crippen LogP contribution in [0.15, 0.2) is 42.5 Å². The number of methoxy groups -OCH3 is 1. The van der Waals surface area contributed by atoms with Crippen molar-refractivity contribution in [1.29, 1.82) is 0 Å². The van der Waals surface area contributed by atoms with Crippen LogP contribution in [0.3, 0.4) is 0 Å². The van der Waals surface area contributed by atoms with Crippen molar-refractivity contribution in [3.63, 3.8) is 0 Å². The standard InChI is InChI=1S/C22H25NO6/c1-14(2)12-28-19-10-9-16(11-20(19)27-4)22(26)29-13-21(25)23-18-8-6-5-7-17(18)15(3)24/h5-11,14H,12-13H2,1-4H3,(H,23,25). The second-order valence-corrected chi connectivity index (χ2v) is 6.80. The van der Waals surface area contributed by atoms with E-state index in [1.54, 1.807) is 36.4 Å². The summed E-state index contributed by atoms with van der Waals surface area (Å²) in [6, 6.07) is 11.3. The molecule has 1 amide bonds. The average Bonchev–Trinajstić information content (AvgIpc) is 2.70. The van der Waals surface area contributed by atoms with Gasteiger partial charge in [0.2, 0.25) is 0 Å². The number of carbonyl (C=O) groups is 3. The minimum atomic E-state index is -0.672. The van der Waals surface area contributed by atoms with E-state index in [0.29, 0.717) is 35.3 Å². The Morgan fingerprint density at radius 2 is 1.76 bits per heavy atom. The minimum absolute atomic E-state index is 0.176. The summed E-state index contributed by atoms with van der Waals surface area (Å²) in [6.45, 7) is 5.49. The highest BCUT2D eigenvalue weighted by Crippen LogP contribution is 2.28. The number of benzene rings is 2. The van der Waals surface area contributed by atoms with Gasteiger partial charge >= 0.3 is 5.97 Å². The zero-order valence-corrected chi connectivity index (χ0v) is 17.0. The first-order valence-corrected chi connectivity index (χ1v) is 9.19. The van der Waals surface area contributed by atoms with Crippen molar-refractivity contribution in [3.8, 4) is 11.5 Å². The van der Waals surface area contributed by atoms with E-state index in [9.17, 15) is 14.4 Å². The zero-order valence-electron chi connectivity index (χ0n) is 17.0. The Balaban J connectivity index is 1.98. The first kappa shape index (κ1) is 21.9. The van der Waals surface area contributed by atoms with Gasteiger partial charge in [-0.1, -0.05) is 26.0 Å². The van der Waals surface area contributed by atoms with E-state index in [1.807, 2.05) is 13.8 Å². The van der Waals surface area contributed by atoms with Crippen LogP contribution in [0, 0.1) is 5.92 Å². The smallest absolute Gasteiger partial charge is 0.338 e. The van der Waals surface area contributed by atoms with Crippen molar-refractivity contribution in [2.75, 3.05) is 25.6 Å². The van der Waals surface area contributed by atoms with Gasteiger partial charge < -0.3 is 19.5 Å². The van der Waals surface area contributed by atoms with Gasteiger partial charge in [0.15, 0.2) is 23.9 Å². The third-order valence-corrected chi connectivity index (χ3v) is 3.89. The van der Waals surface area contributed by atoms with E-state index in [0.717, 1.165) is 0 Å². The number of para-hydroxylation sites is 1. The number of hydrogen-bond donors (Lipinski definition) is 1. The van der Waals surface area contributed by atoms with E-state index in [4.69, 9.17) is 14.2 Å². The van der Waals surface area contributed by atoms with Crippen LogP contribution in [0.5, 0.6) is 11.5 Å². The van der Waals surface area contributed by atoms with Gasteiger partial charge in [-0.15, -0.1) is 0 Å². The molecule has 0 bridgehead atoms. The van der Waals surface area contributed by atoms with Crippen molar-refractivity contribution >= 4 is 23.3 Å². The Hall–Kier alpha value is -3.35. The van der Waals surface area contributed by atoms with Gasteiger partial charge in [-0.25, -0.2) is 4.79 Å². The molecule has 0 saturated heterocycles. The lowest BCUT2D eigenvalue weighted by Crippen LogP contribution is -2.22. The van der Waals surface area contributed by atoms with Crippen LogP contribution < -0.4 is 14.8 Å². The molecule has 1 N–H and O–H groups in total. The molecule has 7 nitrogen and oxygen atoms in total. The summed E-state index contributed by atoms with van der Waals surface area (Å²) < 4.78 is 16.0. The molecule has 0 spiro atoms. The second kappa shape index (κ2) is 10.3. The van der Waals surface area contributed by atoms with Gasteiger partial charge in [0.25, 0.3) is 5.91 Å². The van der Waals surface area contributed by atoms with Gasteiger partial charge in [-0.2, -0.15) is 0 Å². The quantitative estimate of drug-likeness (QED) is 0.510. The molecule has 154 valence electrons. The SMILES string of the molecule is COc1cc(C(=O)OCC(=O)Nc2ccccc2C(C)=O)ccc1OCC(C)C. The maximum atomic E-state index is 12.3. The summed E-state index contributed by atoms with van der Waals surface area (Å²) in [5.41, 5.74) is 0.985. The highest BCUT2D eigenvalue weighted by Gasteiger charge is 2.15. The van der Waals surface area contributed by atoms with Crippen LogP contribution in [0.4, 0.5) is 5.69 Å². The first-order valence-electron chi connectivity index (χ1n) is 9.19. The Kier molecular flexibility index (Phi) is 7.77. The van der Waals surface area contributed by atoms with E-state index < -0.39 is 18.5 Å². The fourth-order valence-corrected chi connectivity index (χ4v) is 2.47. The normalized spacial score (nSPS) is 10.4. The molecular formula is C22H25NO6. The molecule has 0 radical (unpaired) electrons. The lowest BCUT2D eigenvalue weighted by molar-refractivity contribution is -0.119. The van der Waals surface area contributed by atoms with E-state index in [-0.39, 0.29) is 11.3 Å². The van der Waals surface area contributed by atoms with E-state index >= 15 is 0 Å². The number of hydrogen-bond acceptors (Lipinski definition) is 6. The van der Waals surface area contributed by atoms with Gasteiger partial charge in [0.05, 0.1) is 25.0 Å². The van der Waals surface area contributed by atoms with Crippen LogP contribution in [0.2, 0.25) is 0 Å². The number of Topliss-reactive ketones (excluding diaryl/α,β-unsaturated/α-hetero) is 1. The van der Waals surface area contributed by atoms with Gasteiger partial charge in [0, 0.05) is 5.56 Å². The maximum absolute atomic E-state index is 12.3. The third-order valence-electron chi connectivity index (χ3n) is 3.89. The number of ether oxygens (including phenoxy) is 3. The summed E-state index contributed by atoms with van der Waals surface area (Å²) in [6.07, 6.45) is 0. The number of ketones is 1. The topological polar surface area (TPSA) is 90.9 Å². The summed E-state index contributed by atoms with van der Waals surface area (Å²) >= 11 is 0. The molecule has 0 heterocycles. The zero-order chi connectivity index (χ0) is 21.4. The average molecular weight is 399 g/mol. The monoisotopic (exact) mass is 399 g/mol.